The first-order chi connectivity index (χ1) is 8.79. The summed E-state index contributed by atoms with van der Waals surface area (Å²) in [5.74, 6) is -0.587. The molecule has 1 fully saturated rings. The lowest BCUT2D eigenvalue weighted by atomic mass is 10.0. The van der Waals surface area contributed by atoms with Gasteiger partial charge in [-0.2, -0.15) is 13.2 Å². The first-order valence-corrected chi connectivity index (χ1v) is 6.57. The van der Waals surface area contributed by atoms with Crippen LogP contribution in [0.4, 0.5) is 13.2 Å². The second kappa shape index (κ2) is 7.09. The van der Waals surface area contributed by atoms with Crippen LogP contribution in [0.5, 0.6) is 0 Å². The van der Waals surface area contributed by atoms with Gasteiger partial charge in [0, 0.05) is 12.6 Å². The Morgan fingerprint density at radius 1 is 1.47 bits per heavy atom. The van der Waals surface area contributed by atoms with Gasteiger partial charge < -0.3 is 10.6 Å². The molecule has 0 aromatic carbocycles. The van der Waals surface area contributed by atoms with Crippen molar-refractivity contribution in [2.75, 3.05) is 26.7 Å². The van der Waals surface area contributed by atoms with Crippen molar-refractivity contribution in [1.82, 2.24) is 15.5 Å². The fourth-order valence-electron chi connectivity index (χ4n) is 2.12. The molecule has 0 aliphatic carbocycles. The van der Waals surface area contributed by atoms with Crippen molar-refractivity contribution in [3.05, 3.63) is 0 Å². The number of carbonyl (C=O) groups excluding carboxylic acids is 1. The van der Waals surface area contributed by atoms with Crippen LogP contribution < -0.4 is 10.6 Å². The Labute approximate surface area is 111 Å². The minimum absolute atomic E-state index is 0.316. The van der Waals surface area contributed by atoms with Crippen LogP contribution in [0.25, 0.3) is 0 Å². The molecule has 0 radical (unpaired) electrons. The highest BCUT2D eigenvalue weighted by atomic mass is 19.4. The molecule has 0 saturated carbocycles. The third-order valence-corrected chi connectivity index (χ3v) is 3.42. The minimum atomic E-state index is -4.36. The normalized spacial score (nSPS) is 22.3. The molecule has 2 unspecified atom stereocenters. The summed E-state index contributed by atoms with van der Waals surface area (Å²) in [6, 6.07) is -0.248. The van der Waals surface area contributed by atoms with Crippen LogP contribution in [0, 0.1) is 0 Å². The third-order valence-electron chi connectivity index (χ3n) is 3.42. The van der Waals surface area contributed by atoms with Crippen LogP contribution >= 0.6 is 0 Å². The second-order valence-corrected chi connectivity index (χ2v) is 5.10. The Bertz CT molecular complexity index is 290. The lowest BCUT2D eigenvalue weighted by Crippen LogP contribution is -2.50. The van der Waals surface area contributed by atoms with Gasteiger partial charge in [-0.05, 0) is 33.4 Å². The van der Waals surface area contributed by atoms with Gasteiger partial charge in [0.15, 0.2) is 0 Å². The van der Waals surface area contributed by atoms with E-state index in [1.54, 1.807) is 18.9 Å². The molecule has 0 aromatic heterocycles. The molecule has 0 bridgehead atoms. The molecular weight excluding hydrogens is 259 g/mol. The molecule has 1 aliphatic rings. The maximum absolute atomic E-state index is 12.0. The SMILES string of the molecule is CC(C(=O)NCC(F)(F)F)N(C)CC1CCCCN1. The number of nitrogens with zero attached hydrogens (tertiary/aromatic N) is 1. The maximum atomic E-state index is 12.0. The van der Waals surface area contributed by atoms with E-state index >= 15 is 0 Å². The van der Waals surface area contributed by atoms with Crippen LogP contribution in [0.1, 0.15) is 26.2 Å². The number of amides is 1. The molecule has 0 spiro atoms. The minimum Gasteiger partial charge on any atom is -0.346 e. The van der Waals surface area contributed by atoms with Gasteiger partial charge >= 0.3 is 6.18 Å². The summed E-state index contributed by atoms with van der Waals surface area (Å²) in [6.45, 7) is 1.98. The van der Waals surface area contributed by atoms with Gasteiger partial charge in [-0.25, -0.2) is 0 Å². The Morgan fingerprint density at radius 3 is 2.68 bits per heavy atom. The van der Waals surface area contributed by atoms with Gasteiger partial charge in [-0.1, -0.05) is 6.42 Å². The summed E-state index contributed by atoms with van der Waals surface area (Å²) >= 11 is 0. The first-order valence-electron chi connectivity index (χ1n) is 6.57. The van der Waals surface area contributed by atoms with Crippen molar-refractivity contribution in [2.24, 2.45) is 0 Å². The Kier molecular flexibility index (Phi) is 6.06. The molecule has 1 saturated heterocycles. The average Bonchev–Trinajstić information content (AvgIpc) is 2.35. The van der Waals surface area contributed by atoms with Crippen LogP contribution in [0.15, 0.2) is 0 Å². The largest absolute Gasteiger partial charge is 0.405 e. The van der Waals surface area contributed by atoms with Crippen molar-refractivity contribution in [3.63, 3.8) is 0 Å². The van der Waals surface area contributed by atoms with E-state index in [0.29, 0.717) is 12.6 Å². The second-order valence-electron chi connectivity index (χ2n) is 5.10. The van der Waals surface area contributed by atoms with E-state index in [4.69, 9.17) is 0 Å². The maximum Gasteiger partial charge on any atom is 0.405 e. The number of hydrogen-bond donors (Lipinski definition) is 2. The van der Waals surface area contributed by atoms with Gasteiger partial charge in [0.1, 0.15) is 6.54 Å². The van der Waals surface area contributed by atoms with Crippen LogP contribution in [0.2, 0.25) is 0 Å². The van der Waals surface area contributed by atoms with E-state index in [-0.39, 0.29) is 0 Å². The van der Waals surface area contributed by atoms with E-state index < -0.39 is 24.7 Å². The van der Waals surface area contributed by atoms with Crippen molar-refractivity contribution in [3.8, 4) is 0 Å². The number of piperidine rings is 1. The van der Waals surface area contributed by atoms with Crippen LogP contribution in [0.3, 0.4) is 0 Å². The molecule has 0 aromatic rings. The lowest BCUT2D eigenvalue weighted by molar-refractivity contribution is -0.141. The van der Waals surface area contributed by atoms with Crippen molar-refractivity contribution >= 4 is 5.91 Å². The van der Waals surface area contributed by atoms with E-state index in [9.17, 15) is 18.0 Å². The Balaban J connectivity index is 2.33. The van der Waals surface area contributed by atoms with E-state index in [1.807, 2.05) is 5.32 Å². The summed E-state index contributed by atoms with van der Waals surface area (Å²) in [5.41, 5.74) is 0. The summed E-state index contributed by atoms with van der Waals surface area (Å²) in [6.07, 6.45) is -1.01. The summed E-state index contributed by atoms with van der Waals surface area (Å²) in [7, 11) is 1.76. The molecule has 7 heteroatoms. The quantitative estimate of drug-likeness (QED) is 0.794. The molecule has 1 heterocycles. The molecule has 4 nitrogen and oxygen atoms in total. The lowest BCUT2D eigenvalue weighted by Gasteiger charge is -2.31. The zero-order chi connectivity index (χ0) is 14.5. The highest BCUT2D eigenvalue weighted by Crippen LogP contribution is 2.13. The van der Waals surface area contributed by atoms with Gasteiger partial charge in [0.25, 0.3) is 0 Å². The molecule has 19 heavy (non-hydrogen) atoms. The number of alkyl halides is 3. The van der Waals surface area contributed by atoms with Crippen molar-refractivity contribution in [2.45, 2.75) is 44.4 Å². The molecule has 112 valence electrons. The zero-order valence-corrected chi connectivity index (χ0v) is 11.4. The van der Waals surface area contributed by atoms with E-state index in [1.165, 1.54) is 0 Å². The van der Waals surface area contributed by atoms with E-state index in [2.05, 4.69) is 5.32 Å². The molecule has 1 aliphatic heterocycles. The molecule has 2 N–H and O–H groups in total. The third kappa shape index (κ3) is 6.24. The van der Waals surface area contributed by atoms with Gasteiger partial charge in [-0.15, -0.1) is 0 Å². The van der Waals surface area contributed by atoms with Crippen molar-refractivity contribution in [1.29, 1.82) is 0 Å². The molecule has 1 rings (SSSR count). The predicted octanol–water partition coefficient (Wildman–Crippen LogP) is 1.13. The van der Waals surface area contributed by atoms with Gasteiger partial charge in [0.05, 0.1) is 6.04 Å². The summed E-state index contributed by atoms with van der Waals surface area (Å²) < 4.78 is 36.0. The smallest absolute Gasteiger partial charge is 0.346 e. The standard InChI is InChI=1S/C12H22F3N3O/c1-9(11(19)17-8-12(13,14)15)18(2)7-10-5-3-4-6-16-10/h9-10,16H,3-8H2,1-2H3,(H,17,19). The number of hydrogen-bond acceptors (Lipinski definition) is 3. The highest BCUT2D eigenvalue weighted by Gasteiger charge is 2.29. The average molecular weight is 281 g/mol. The fraction of sp³-hybridized carbons (Fsp3) is 0.917. The highest BCUT2D eigenvalue weighted by molar-refractivity contribution is 5.81. The Hall–Kier alpha value is -0.820. The van der Waals surface area contributed by atoms with Crippen LogP contribution in [-0.2, 0) is 4.79 Å². The van der Waals surface area contributed by atoms with E-state index in [0.717, 1.165) is 25.8 Å². The summed E-state index contributed by atoms with van der Waals surface area (Å²) in [4.78, 5) is 13.4. The monoisotopic (exact) mass is 281 g/mol. The van der Waals surface area contributed by atoms with Gasteiger partial charge in [-0.3, -0.25) is 9.69 Å². The molecular formula is C12H22F3N3O. The van der Waals surface area contributed by atoms with Crippen molar-refractivity contribution < 1.29 is 18.0 Å². The number of rotatable bonds is 5. The predicted molar refractivity (Wildman–Crippen MR) is 66.8 cm³/mol. The molecule has 2 atom stereocenters. The Morgan fingerprint density at radius 2 is 2.16 bits per heavy atom. The zero-order valence-electron chi connectivity index (χ0n) is 11.4. The molecule has 1 amide bonds. The van der Waals surface area contributed by atoms with Crippen LogP contribution in [-0.4, -0.2) is 55.7 Å². The number of likely N-dealkylation sites (N-methyl/N-ethyl adjacent to an activating group) is 1. The first kappa shape index (κ1) is 16.2. The van der Waals surface area contributed by atoms with Gasteiger partial charge in [0.2, 0.25) is 5.91 Å². The number of halogens is 3. The summed E-state index contributed by atoms with van der Waals surface area (Å²) in [5, 5.41) is 5.26. The number of nitrogens with one attached hydrogen (secondary N) is 2. The topological polar surface area (TPSA) is 44.4 Å². The number of carbonyl (C=O) groups is 1. The fourth-order valence-corrected chi connectivity index (χ4v) is 2.12.